The van der Waals surface area contributed by atoms with Gasteiger partial charge < -0.3 is 4.57 Å². The van der Waals surface area contributed by atoms with Crippen LogP contribution in [0.25, 0.3) is 58.8 Å². The molecular weight excluding hydrogens is 655 g/mol. The topological polar surface area (TPSA) is 4.93 Å². The van der Waals surface area contributed by atoms with E-state index in [0.29, 0.717) is 0 Å². The lowest BCUT2D eigenvalue weighted by molar-refractivity contribution is 1.01. The van der Waals surface area contributed by atoms with Gasteiger partial charge in [-0.1, -0.05) is 121 Å². The third-order valence-electron chi connectivity index (χ3n) is 10.4. The first kappa shape index (κ1) is 30.2. The average molecular weight is 690 g/mol. The Kier molecular flexibility index (Phi) is 7.30. The van der Waals surface area contributed by atoms with Gasteiger partial charge in [-0.25, -0.2) is 0 Å². The number of hydrogen-bond acceptors (Lipinski definition) is 1. The Bertz CT molecular complexity index is 2800. The number of aromatic nitrogens is 1. The van der Waals surface area contributed by atoms with Gasteiger partial charge >= 0.3 is 0 Å². The van der Waals surface area contributed by atoms with Crippen LogP contribution in [0, 0.1) is 0 Å². The van der Waals surface area contributed by atoms with Crippen LogP contribution in [0.2, 0.25) is 0 Å². The summed E-state index contributed by atoms with van der Waals surface area (Å²) in [6.07, 6.45) is 9.09. The first-order chi connectivity index (χ1) is 25.3. The van der Waals surface area contributed by atoms with Gasteiger partial charge in [0.05, 0.1) is 11.0 Å². The second kappa shape index (κ2) is 12.3. The zero-order chi connectivity index (χ0) is 33.8. The van der Waals surface area contributed by atoms with Crippen molar-refractivity contribution in [3.05, 3.63) is 193 Å². The first-order valence-electron chi connectivity index (χ1n) is 17.6. The lowest BCUT2D eigenvalue weighted by Crippen LogP contribution is -2.09. The van der Waals surface area contributed by atoms with Gasteiger partial charge in [-0.3, -0.25) is 0 Å². The van der Waals surface area contributed by atoms with Gasteiger partial charge in [-0.05, 0) is 95.6 Å². The van der Waals surface area contributed by atoms with E-state index >= 15 is 0 Å². The molecule has 9 aromatic rings. The number of para-hydroxylation sites is 2. The molecule has 0 amide bonds. The molecule has 3 heteroatoms. The highest BCUT2D eigenvalue weighted by molar-refractivity contribution is 8.37. The maximum atomic E-state index is 2.51. The molecule has 2 aromatic heterocycles. The van der Waals surface area contributed by atoms with E-state index in [2.05, 4.69) is 193 Å². The molecule has 1 aliphatic carbocycles. The van der Waals surface area contributed by atoms with Crippen LogP contribution in [0.4, 0.5) is 0 Å². The highest BCUT2D eigenvalue weighted by Crippen LogP contribution is 2.76. The predicted octanol–water partition coefficient (Wildman–Crippen LogP) is 14.3. The Morgan fingerprint density at radius 2 is 1.20 bits per heavy atom. The van der Waals surface area contributed by atoms with Crippen molar-refractivity contribution in [2.24, 2.45) is 0 Å². The highest BCUT2D eigenvalue weighted by atomic mass is 32.3. The molecule has 0 spiro atoms. The fraction of sp³-hybridized carbons (Fsp3) is 0.0417. The third-order valence-corrected chi connectivity index (χ3v) is 15.6. The fourth-order valence-corrected chi connectivity index (χ4v) is 13.6. The first-order valence-corrected chi connectivity index (χ1v) is 20.1. The maximum Gasteiger partial charge on any atom is 0.0552 e. The summed E-state index contributed by atoms with van der Waals surface area (Å²) in [5, 5.41) is 5.30. The number of thiophene rings is 1. The Labute approximate surface area is 303 Å². The molecule has 0 saturated carbocycles. The molecular formula is C48H35NS2. The summed E-state index contributed by atoms with van der Waals surface area (Å²) in [7, 11) is -1.92. The van der Waals surface area contributed by atoms with Crippen LogP contribution < -0.4 is 0 Å². The van der Waals surface area contributed by atoms with Gasteiger partial charge in [0.25, 0.3) is 0 Å². The van der Waals surface area contributed by atoms with Crippen molar-refractivity contribution in [1.82, 2.24) is 4.57 Å². The van der Waals surface area contributed by atoms with E-state index in [9.17, 15) is 0 Å². The van der Waals surface area contributed by atoms with Gasteiger partial charge in [0, 0.05) is 51.3 Å². The standard InChI is InChI=1S/C48H35NS2/c1-4-17-36(18-5-1)49-43-26-12-10-25-42(43)48-44(49)27-15-29-47(48)51(37-19-6-2-7-20-37,38-21-8-3-9-22-38)39-23-14-16-34(32-39)35-30-31-41-40-24-11-13-28-45(40)50-46(41)33-35/h1-8,10-21,23-33H,9,22H2. The van der Waals surface area contributed by atoms with Crippen LogP contribution in [-0.2, 0) is 0 Å². The number of benzene rings is 7. The number of fused-ring (bicyclic) bond motifs is 6. The summed E-state index contributed by atoms with van der Waals surface area (Å²) >= 11 is 1.89. The van der Waals surface area contributed by atoms with Gasteiger partial charge in [0.15, 0.2) is 0 Å². The molecule has 0 bridgehead atoms. The minimum atomic E-state index is -1.92. The molecule has 10 rings (SSSR count). The maximum absolute atomic E-state index is 2.51. The monoisotopic (exact) mass is 689 g/mol. The van der Waals surface area contributed by atoms with Gasteiger partial charge in [0.1, 0.15) is 0 Å². The molecule has 0 fully saturated rings. The molecule has 0 N–H and O–H groups in total. The molecule has 1 aliphatic rings. The van der Waals surface area contributed by atoms with Crippen molar-refractivity contribution in [2.75, 3.05) is 0 Å². The number of rotatable bonds is 6. The van der Waals surface area contributed by atoms with Crippen molar-refractivity contribution in [3.63, 3.8) is 0 Å². The molecule has 0 aliphatic heterocycles. The molecule has 0 radical (unpaired) electrons. The zero-order valence-electron chi connectivity index (χ0n) is 28.1. The Morgan fingerprint density at radius 3 is 2.04 bits per heavy atom. The molecule has 1 unspecified atom stereocenters. The minimum Gasteiger partial charge on any atom is -0.309 e. The quantitative estimate of drug-likeness (QED) is 0.164. The molecule has 51 heavy (non-hydrogen) atoms. The molecule has 1 atom stereocenters. The van der Waals surface area contributed by atoms with E-state index < -0.39 is 10.0 Å². The highest BCUT2D eigenvalue weighted by Gasteiger charge is 2.37. The van der Waals surface area contributed by atoms with E-state index in [1.54, 1.807) is 0 Å². The van der Waals surface area contributed by atoms with Gasteiger partial charge in [0.2, 0.25) is 0 Å². The summed E-state index contributed by atoms with van der Waals surface area (Å²) in [6.45, 7) is 0. The van der Waals surface area contributed by atoms with Gasteiger partial charge in [-0.15, -0.1) is 21.4 Å². The van der Waals surface area contributed by atoms with Crippen LogP contribution in [0.5, 0.6) is 0 Å². The zero-order valence-corrected chi connectivity index (χ0v) is 29.7. The smallest absolute Gasteiger partial charge is 0.0552 e. The molecule has 1 nitrogen and oxygen atoms in total. The Hall–Kier alpha value is -5.61. The largest absolute Gasteiger partial charge is 0.309 e. The minimum absolute atomic E-state index is 1.02. The number of allylic oxidation sites excluding steroid dienone is 4. The van der Waals surface area contributed by atoms with Crippen molar-refractivity contribution < 1.29 is 0 Å². The summed E-state index contributed by atoms with van der Waals surface area (Å²) in [5.41, 5.74) is 6.17. The normalized spacial score (nSPS) is 14.9. The SMILES string of the molecule is C1=CCCC(S(c2ccccc2)(c2cccc(-c3ccc4c(c3)sc3ccccc34)c2)c2cccc3c2c2ccccc2n3-c2ccccc2)=C1. The van der Waals surface area contributed by atoms with E-state index in [0.717, 1.165) is 12.8 Å². The van der Waals surface area contributed by atoms with E-state index in [1.165, 1.54) is 78.4 Å². The van der Waals surface area contributed by atoms with Crippen molar-refractivity contribution in [3.8, 4) is 16.8 Å². The van der Waals surface area contributed by atoms with Crippen LogP contribution in [0.15, 0.2) is 208 Å². The summed E-state index contributed by atoms with van der Waals surface area (Å²) in [6, 6.07) is 63.5. The number of hydrogen-bond donors (Lipinski definition) is 0. The van der Waals surface area contributed by atoms with Crippen molar-refractivity contribution >= 4 is 63.3 Å². The van der Waals surface area contributed by atoms with E-state index in [1.807, 2.05) is 11.3 Å². The fourth-order valence-electron chi connectivity index (χ4n) is 8.16. The van der Waals surface area contributed by atoms with Crippen molar-refractivity contribution in [1.29, 1.82) is 0 Å². The average Bonchev–Trinajstić information content (AvgIpc) is 3.75. The summed E-state index contributed by atoms with van der Waals surface area (Å²) < 4.78 is 5.13. The molecule has 7 aromatic carbocycles. The summed E-state index contributed by atoms with van der Waals surface area (Å²) in [5.74, 6) is 0. The Balaban J connectivity index is 1.29. The third kappa shape index (κ3) is 4.76. The van der Waals surface area contributed by atoms with Crippen LogP contribution in [0.1, 0.15) is 12.8 Å². The lowest BCUT2D eigenvalue weighted by Gasteiger charge is -2.45. The van der Waals surface area contributed by atoms with Gasteiger partial charge in [-0.2, -0.15) is 0 Å². The summed E-state index contributed by atoms with van der Waals surface area (Å²) in [4.78, 5) is 5.63. The second-order valence-corrected chi connectivity index (χ2v) is 17.4. The van der Waals surface area contributed by atoms with Crippen LogP contribution >= 0.6 is 21.4 Å². The molecule has 0 saturated heterocycles. The van der Waals surface area contributed by atoms with E-state index in [-0.39, 0.29) is 0 Å². The lowest BCUT2D eigenvalue weighted by atomic mass is 10.0. The van der Waals surface area contributed by atoms with Crippen LogP contribution in [0.3, 0.4) is 0 Å². The van der Waals surface area contributed by atoms with Crippen LogP contribution in [-0.4, -0.2) is 4.57 Å². The molecule has 244 valence electrons. The number of nitrogens with zero attached hydrogens (tertiary/aromatic N) is 1. The van der Waals surface area contributed by atoms with E-state index in [4.69, 9.17) is 0 Å². The predicted molar refractivity (Wildman–Crippen MR) is 221 cm³/mol. The molecule has 2 heterocycles. The Morgan fingerprint density at radius 1 is 0.510 bits per heavy atom. The second-order valence-electron chi connectivity index (χ2n) is 13.2. The van der Waals surface area contributed by atoms with Crippen molar-refractivity contribution in [2.45, 2.75) is 27.5 Å².